The zero-order chi connectivity index (χ0) is 13.3. The smallest absolute Gasteiger partial charge is 0.229 e. The van der Waals surface area contributed by atoms with Crippen molar-refractivity contribution < 1.29 is 9.26 Å². The Morgan fingerprint density at radius 1 is 1.26 bits per heavy atom. The third-order valence-electron chi connectivity index (χ3n) is 4.33. The van der Waals surface area contributed by atoms with Crippen molar-refractivity contribution in [2.75, 3.05) is 6.61 Å². The van der Waals surface area contributed by atoms with Gasteiger partial charge in [-0.1, -0.05) is 18.0 Å². The van der Waals surface area contributed by atoms with Crippen molar-refractivity contribution >= 4 is 0 Å². The van der Waals surface area contributed by atoms with E-state index in [9.17, 15) is 0 Å². The summed E-state index contributed by atoms with van der Waals surface area (Å²) in [6.45, 7) is 2.37. The number of nitrogens with two attached hydrogens (primary N) is 1. The molecule has 0 radical (unpaired) electrons. The zero-order valence-electron chi connectivity index (χ0n) is 11.6. The Morgan fingerprint density at radius 2 is 2.00 bits per heavy atom. The van der Waals surface area contributed by atoms with E-state index in [1.807, 2.05) is 6.92 Å². The molecule has 0 aromatic carbocycles. The van der Waals surface area contributed by atoms with E-state index < -0.39 is 5.54 Å². The third kappa shape index (κ3) is 2.82. The van der Waals surface area contributed by atoms with Crippen LogP contribution >= 0.6 is 0 Å². The van der Waals surface area contributed by atoms with Gasteiger partial charge in [0.25, 0.3) is 0 Å². The van der Waals surface area contributed by atoms with E-state index in [0.717, 1.165) is 31.6 Å². The first kappa shape index (κ1) is 13.1. The monoisotopic (exact) mass is 265 g/mol. The van der Waals surface area contributed by atoms with Gasteiger partial charge in [-0.25, -0.2) is 0 Å². The lowest BCUT2D eigenvalue weighted by Gasteiger charge is -2.29. The Labute approximate surface area is 113 Å². The summed E-state index contributed by atoms with van der Waals surface area (Å²) in [7, 11) is 0. The number of nitrogens with zero attached hydrogens (tertiary/aromatic N) is 2. The van der Waals surface area contributed by atoms with Gasteiger partial charge in [0.15, 0.2) is 5.82 Å². The fourth-order valence-electron chi connectivity index (χ4n) is 2.70. The van der Waals surface area contributed by atoms with Crippen molar-refractivity contribution in [3.63, 3.8) is 0 Å². The van der Waals surface area contributed by atoms with Crippen LogP contribution in [0.15, 0.2) is 4.52 Å². The molecule has 5 heteroatoms. The molecular formula is C14H23N3O2. The molecule has 2 aliphatic carbocycles. The minimum absolute atomic E-state index is 0.379. The summed E-state index contributed by atoms with van der Waals surface area (Å²) in [5.74, 6) is 1.77. The minimum atomic E-state index is -0.657. The molecule has 5 nitrogen and oxygen atoms in total. The number of hydrogen-bond acceptors (Lipinski definition) is 5. The van der Waals surface area contributed by atoms with Crippen LogP contribution in [0.1, 0.15) is 69.5 Å². The van der Waals surface area contributed by atoms with E-state index >= 15 is 0 Å². The standard InChI is InChI=1S/C14H23N3O2/c1-14(15,9-18-11-7-4-8-11)13-16-12(19-17-13)10-5-2-3-6-10/h10-11H,2-9,15H2,1H3. The van der Waals surface area contributed by atoms with Gasteiger partial charge in [-0.3, -0.25) is 0 Å². The molecule has 106 valence electrons. The molecule has 1 aromatic rings. The first-order chi connectivity index (χ1) is 9.15. The van der Waals surface area contributed by atoms with Gasteiger partial charge >= 0.3 is 0 Å². The van der Waals surface area contributed by atoms with Crippen molar-refractivity contribution in [3.05, 3.63) is 11.7 Å². The first-order valence-corrected chi connectivity index (χ1v) is 7.40. The molecule has 2 saturated carbocycles. The zero-order valence-corrected chi connectivity index (χ0v) is 11.6. The molecule has 2 aliphatic rings. The number of hydrogen-bond donors (Lipinski definition) is 1. The van der Waals surface area contributed by atoms with E-state index in [1.54, 1.807) is 0 Å². The summed E-state index contributed by atoms with van der Waals surface area (Å²) in [5, 5.41) is 4.06. The van der Waals surface area contributed by atoms with Crippen LogP contribution in [0.5, 0.6) is 0 Å². The summed E-state index contributed by atoms with van der Waals surface area (Å²) >= 11 is 0. The average Bonchev–Trinajstić information content (AvgIpc) is 2.98. The predicted molar refractivity (Wildman–Crippen MR) is 70.6 cm³/mol. The van der Waals surface area contributed by atoms with E-state index in [4.69, 9.17) is 15.0 Å². The topological polar surface area (TPSA) is 74.2 Å². The van der Waals surface area contributed by atoms with Crippen LogP contribution in [-0.4, -0.2) is 22.9 Å². The van der Waals surface area contributed by atoms with Gasteiger partial charge < -0.3 is 15.0 Å². The number of ether oxygens (including phenoxy) is 1. The Hall–Kier alpha value is -0.940. The molecule has 2 fully saturated rings. The third-order valence-corrected chi connectivity index (χ3v) is 4.33. The molecule has 2 N–H and O–H groups in total. The highest BCUT2D eigenvalue weighted by molar-refractivity contribution is 5.05. The van der Waals surface area contributed by atoms with E-state index in [-0.39, 0.29) is 0 Å². The second kappa shape index (κ2) is 5.21. The molecule has 19 heavy (non-hydrogen) atoms. The van der Waals surface area contributed by atoms with Gasteiger partial charge in [0.1, 0.15) is 5.54 Å². The molecule has 1 aromatic heterocycles. The summed E-state index contributed by atoms with van der Waals surface area (Å²) < 4.78 is 11.2. The molecule has 0 saturated heterocycles. The van der Waals surface area contributed by atoms with Gasteiger partial charge in [-0.15, -0.1) is 0 Å². The van der Waals surface area contributed by atoms with Crippen LogP contribution in [0.25, 0.3) is 0 Å². The van der Waals surface area contributed by atoms with E-state index in [1.165, 1.54) is 19.3 Å². The molecule has 0 amide bonds. The molecule has 1 heterocycles. The largest absolute Gasteiger partial charge is 0.376 e. The Bertz CT molecular complexity index is 420. The van der Waals surface area contributed by atoms with Crippen LogP contribution in [0, 0.1) is 0 Å². The van der Waals surface area contributed by atoms with Crippen molar-refractivity contribution in [1.29, 1.82) is 0 Å². The maximum atomic E-state index is 6.27. The molecule has 3 rings (SSSR count). The van der Waals surface area contributed by atoms with Gasteiger partial charge in [0, 0.05) is 5.92 Å². The fraction of sp³-hybridized carbons (Fsp3) is 0.857. The first-order valence-electron chi connectivity index (χ1n) is 7.40. The highest BCUT2D eigenvalue weighted by atomic mass is 16.5. The summed E-state index contributed by atoms with van der Waals surface area (Å²) in [5.41, 5.74) is 5.61. The van der Waals surface area contributed by atoms with Crippen LogP contribution in [0.3, 0.4) is 0 Å². The van der Waals surface area contributed by atoms with E-state index in [0.29, 0.717) is 24.5 Å². The van der Waals surface area contributed by atoms with Crippen molar-refractivity contribution in [1.82, 2.24) is 10.1 Å². The second-order valence-corrected chi connectivity index (χ2v) is 6.22. The van der Waals surface area contributed by atoms with Crippen LogP contribution in [-0.2, 0) is 10.3 Å². The van der Waals surface area contributed by atoms with Crippen molar-refractivity contribution in [3.8, 4) is 0 Å². The molecule has 0 aliphatic heterocycles. The lowest BCUT2D eigenvalue weighted by atomic mass is 9.95. The lowest BCUT2D eigenvalue weighted by molar-refractivity contribution is -0.0222. The van der Waals surface area contributed by atoms with Crippen molar-refractivity contribution in [2.24, 2.45) is 5.73 Å². The maximum Gasteiger partial charge on any atom is 0.229 e. The van der Waals surface area contributed by atoms with Gasteiger partial charge in [0.05, 0.1) is 12.7 Å². The normalized spacial score (nSPS) is 24.3. The van der Waals surface area contributed by atoms with Crippen LogP contribution in [0.2, 0.25) is 0 Å². The van der Waals surface area contributed by atoms with Gasteiger partial charge in [-0.2, -0.15) is 4.98 Å². The fourth-order valence-corrected chi connectivity index (χ4v) is 2.70. The van der Waals surface area contributed by atoms with Crippen LogP contribution in [0.4, 0.5) is 0 Å². The predicted octanol–water partition coefficient (Wildman–Crippen LogP) is 2.47. The summed E-state index contributed by atoms with van der Waals surface area (Å²) in [6.07, 6.45) is 8.76. The highest BCUT2D eigenvalue weighted by Crippen LogP contribution is 2.33. The Kier molecular flexibility index (Phi) is 3.58. The van der Waals surface area contributed by atoms with Gasteiger partial charge in [-0.05, 0) is 39.0 Å². The van der Waals surface area contributed by atoms with Gasteiger partial charge in [0.2, 0.25) is 5.89 Å². The average molecular weight is 265 g/mol. The van der Waals surface area contributed by atoms with E-state index in [2.05, 4.69) is 10.1 Å². The SMILES string of the molecule is CC(N)(COC1CCC1)c1noc(C2CCCC2)n1. The molecule has 0 bridgehead atoms. The summed E-state index contributed by atoms with van der Waals surface area (Å²) in [4.78, 5) is 4.50. The molecule has 0 spiro atoms. The molecule has 1 unspecified atom stereocenters. The highest BCUT2D eigenvalue weighted by Gasteiger charge is 2.32. The second-order valence-electron chi connectivity index (χ2n) is 6.22. The lowest BCUT2D eigenvalue weighted by Crippen LogP contribution is -2.41. The van der Waals surface area contributed by atoms with Crippen molar-refractivity contribution in [2.45, 2.75) is 69.4 Å². The maximum absolute atomic E-state index is 6.27. The molecular weight excluding hydrogens is 242 g/mol. The number of rotatable bonds is 5. The minimum Gasteiger partial charge on any atom is -0.376 e. The summed E-state index contributed by atoms with van der Waals surface area (Å²) in [6, 6.07) is 0. The Morgan fingerprint density at radius 3 is 2.63 bits per heavy atom. The Balaban J connectivity index is 1.62. The molecule has 1 atom stereocenters. The van der Waals surface area contributed by atoms with Crippen LogP contribution < -0.4 is 5.73 Å². The number of aromatic nitrogens is 2. The quantitative estimate of drug-likeness (QED) is 0.885.